The number of rotatable bonds is 9. The molecule has 0 bridgehead atoms. The minimum atomic E-state index is -0.440. The van der Waals surface area contributed by atoms with Crippen molar-refractivity contribution in [3.8, 4) is 11.6 Å². The zero-order valence-corrected chi connectivity index (χ0v) is 21.6. The van der Waals surface area contributed by atoms with Gasteiger partial charge in [0.1, 0.15) is 24.2 Å². The summed E-state index contributed by atoms with van der Waals surface area (Å²) in [6, 6.07) is 4.16. The molecular weight excluding hydrogens is 475 g/mol. The number of nitrogens with zero attached hydrogens (tertiary/aromatic N) is 6. The molecule has 1 aromatic carbocycles. The van der Waals surface area contributed by atoms with Crippen molar-refractivity contribution in [2.24, 2.45) is 5.92 Å². The Morgan fingerprint density at radius 2 is 1.81 bits per heavy atom. The lowest BCUT2D eigenvalue weighted by Gasteiger charge is -2.31. The van der Waals surface area contributed by atoms with E-state index in [1.54, 1.807) is 12.4 Å². The number of aromatic nitrogens is 4. The monoisotopic (exact) mass is 510 g/mol. The molecule has 0 N–H and O–H groups in total. The number of fused-ring (bicyclic) bond motifs is 1. The van der Waals surface area contributed by atoms with Gasteiger partial charge in [0, 0.05) is 43.8 Å². The highest BCUT2D eigenvalue weighted by Crippen LogP contribution is 2.35. The molecule has 1 saturated carbocycles. The molecule has 0 unspecified atom stereocenters. The van der Waals surface area contributed by atoms with E-state index in [0.717, 1.165) is 74.5 Å². The first-order valence-electron chi connectivity index (χ1n) is 13.1. The zero-order valence-electron chi connectivity index (χ0n) is 21.6. The molecule has 2 aliphatic rings. The van der Waals surface area contributed by atoms with Crippen molar-refractivity contribution in [1.29, 1.82) is 0 Å². The summed E-state index contributed by atoms with van der Waals surface area (Å²) in [7, 11) is 3.89. The van der Waals surface area contributed by atoms with Crippen molar-refractivity contribution in [3.63, 3.8) is 0 Å². The van der Waals surface area contributed by atoms with Gasteiger partial charge in [0.05, 0.1) is 30.5 Å². The number of hydrogen-bond donors (Lipinski definition) is 0. The predicted octanol–water partition coefficient (Wildman–Crippen LogP) is 3.52. The third-order valence-corrected chi connectivity index (χ3v) is 7.08. The molecule has 0 atom stereocenters. The highest BCUT2D eigenvalue weighted by molar-refractivity contribution is 5.85. The molecule has 1 aliphatic carbocycles. The van der Waals surface area contributed by atoms with Crippen LogP contribution >= 0.6 is 0 Å². The van der Waals surface area contributed by atoms with E-state index in [1.165, 1.54) is 6.33 Å². The zero-order chi connectivity index (χ0) is 25.6. The second-order valence-corrected chi connectivity index (χ2v) is 10.0. The maximum absolute atomic E-state index is 14.9. The van der Waals surface area contributed by atoms with Crippen LogP contribution in [0.5, 0.6) is 11.6 Å². The first-order valence-corrected chi connectivity index (χ1v) is 13.1. The van der Waals surface area contributed by atoms with Crippen LogP contribution in [0.15, 0.2) is 30.9 Å². The second kappa shape index (κ2) is 12.0. The Morgan fingerprint density at radius 3 is 2.59 bits per heavy atom. The molecule has 2 aromatic heterocycles. The standard InChI is InChI=1S/C27H35FN6O3/c1-33(2)9-14-36-27-25(28)22(31-18-32-27)15-19-3-5-21(6-4-19)37-24-17-20(34-10-12-35-13-11-34)16-23-26(24)30-8-7-29-23/h7-8,16-19,21H,3-6,9-15H2,1-2H3. The number of benzene rings is 1. The lowest BCUT2D eigenvalue weighted by atomic mass is 9.84. The fourth-order valence-corrected chi connectivity index (χ4v) is 4.99. The Balaban J connectivity index is 1.21. The SMILES string of the molecule is CN(C)CCOc1ncnc(CC2CCC(Oc3cc(N4CCOCC4)cc4nccnc34)CC2)c1F. The normalized spacial score (nSPS) is 20.4. The van der Waals surface area contributed by atoms with Crippen molar-refractivity contribution < 1.29 is 18.6 Å². The minimum absolute atomic E-state index is 0.0389. The Bertz CT molecular complexity index is 1180. The topological polar surface area (TPSA) is 85.7 Å². The fourth-order valence-electron chi connectivity index (χ4n) is 4.99. The molecule has 0 spiro atoms. The van der Waals surface area contributed by atoms with Gasteiger partial charge >= 0.3 is 0 Å². The van der Waals surface area contributed by atoms with Gasteiger partial charge in [-0.1, -0.05) is 0 Å². The highest BCUT2D eigenvalue weighted by atomic mass is 19.1. The number of anilines is 1. The smallest absolute Gasteiger partial charge is 0.253 e. The van der Waals surface area contributed by atoms with Crippen LogP contribution in [0, 0.1) is 11.7 Å². The fraction of sp³-hybridized carbons (Fsp3) is 0.556. The van der Waals surface area contributed by atoms with E-state index in [0.29, 0.717) is 31.2 Å². The van der Waals surface area contributed by atoms with Crippen LogP contribution in [0.2, 0.25) is 0 Å². The van der Waals surface area contributed by atoms with Gasteiger partial charge in [-0.05, 0) is 58.2 Å². The van der Waals surface area contributed by atoms with Crippen molar-refractivity contribution >= 4 is 16.7 Å². The Kier molecular flexibility index (Phi) is 8.25. The van der Waals surface area contributed by atoms with Crippen molar-refractivity contribution in [3.05, 3.63) is 42.4 Å². The van der Waals surface area contributed by atoms with E-state index in [9.17, 15) is 4.39 Å². The Labute approximate surface area is 217 Å². The summed E-state index contributed by atoms with van der Waals surface area (Å²) in [6.45, 7) is 4.20. The first-order chi connectivity index (χ1) is 18.1. The third-order valence-electron chi connectivity index (χ3n) is 7.08. The maximum Gasteiger partial charge on any atom is 0.253 e. The Hall–Kier alpha value is -3.11. The summed E-state index contributed by atoms with van der Waals surface area (Å²) >= 11 is 0. The predicted molar refractivity (Wildman–Crippen MR) is 139 cm³/mol. The van der Waals surface area contributed by atoms with Gasteiger partial charge in [-0.25, -0.2) is 9.97 Å². The van der Waals surface area contributed by atoms with Gasteiger partial charge in [0.15, 0.2) is 0 Å². The summed E-state index contributed by atoms with van der Waals surface area (Å²) in [5.41, 5.74) is 3.13. The molecule has 3 aromatic rings. The summed E-state index contributed by atoms with van der Waals surface area (Å²) < 4.78 is 32.5. The van der Waals surface area contributed by atoms with E-state index in [-0.39, 0.29) is 12.0 Å². The average molecular weight is 511 g/mol. The van der Waals surface area contributed by atoms with E-state index >= 15 is 0 Å². The largest absolute Gasteiger partial charge is 0.488 e. The molecule has 0 radical (unpaired) electrons. The van der Waals surface area contributed by atoms with Crippen LogP contribution in [0.1, 0.15) is 31.4 Å². The summed E-state index contributed by atoms with van der Waals surface area (Å²) in [5.74, 6) is 0.716. The molecule has 37 heavy (non-hydrogen) atoms. The summed E-state index contributed by atoms with van der Waals surface area (Å²) in [5, 5.41) is 0. The molecule has 198 valence electrons. The van der Waals surface area contributed by atoms with E-state index in [2.05, 4.69) is 37.0 Å². The molecule has 1 aliphatic heterocycles. The van der Waals surface area contributed by atoms with Crippen molar-refractivity contribution in [1.82, 2.24) is 24.8 Å². The van der Waals surface area contributed by atoms with Crippen LogP contribution in [-0.4, -0.2) is 84.5 Å². The van der Waals surface area contributed by atoms with Gasteiger partial charge in [-0.2, -0.15) is 9.37 Å². The van der Waals surface area contributed by atoms with Gasteiger partial charge in [0.25, 0.3) is 5.88 Å². The van der Waals surface area contributed by atoms with Crippen molar-refractivity contribution in [2.75, 3.05) is 58.5 Å². The molecular formula is C27H35FN6O3. The molecule has 9 nitrogen and oxygen atoms in total. The highest BCUT2D eigenvalue weighted by Gasteiger charge is 2.26. The van der Waals surface area contributed by atoms with Gasteiger partial charge in [-0.15, -0.1) is 0 Å². The van der Waals surface area contributed by atoms with Gasteiger partial charge < -0.3 is 24.0 Å². The van der Waals surface area contributed by atoms with Crippen LogP contribution in [0.3, 0.4) is 0 Å². The number of halogens is 1. The van der Waals surface area contributed by atoms with Crippen molar-refractivity contribution in [2.45, 2.75) is 38.2 Å². The quantitative estimate of drug-likeness (QED) is 0.429. The molecule has 10 heteroatoms. The number of hydrogen-bond acceptors (Lipinski definition) is 9. The second-order valence-electron chi connectivity index (χ2n) is 10.0. The maximum atomic E-state index is 14.9. The van der Waals surface area contributed by atoms with Crippen LogP contribution in [-0.2, 0) is 11.2 Å². The number of morpholine rings is 1. The average Bonchev–Trinajstić information content (AvgIpc) is 2.92. The van der Waals surface area contributed by atoms with Crippen LogP contribution in [0.4, 0.5) is 10.1 Å². The summed E-state index contributed by atoms with van der Waals surface area (Å²) in [6.07, 6.45) is 9.15. The minimum Gasteiger partial charge on any atom is -0.488 e. The Morgan fingerprint density at radius 1 is 1.03 bits per heavy atom. The number of ether oxygens (including phenoxy) is 3. The van der Waals surface area contributed by atoms with E-state index in [4.69, 9.17) is 14.2 Å². The van der Waals surface area contributed by atoms with E-state index < -0.39 is 5.82 Å². The number of likely N-dealkylation sites (N-methyl/N-ethyl adjacent to an activating group) is 1. The molecule has 3 heterocycles. The van der Waals surface area contributed by atoms with Crippen LogP contribution < -0.4 is 14.4 Å². The third kappa shape index (κ3) is 6.42. The molecule has 5 rings (SSSR count). The van der Waals surface area contributed by atoms with E-state index in [1.807, 2.05) is 19.0 Å². The van der Waals surface area contributed by atoms with Gasteiger partial charge in [-0.3, -0.25) is 4.98 Å². The lowest BCUT2D eigenvalue weighted by Crippen LogP contribution is -2.36. The lowest BCUT2D eigenvalue weighted by molar-refractivity contribution is 0.122. The van der Waals surface area contributed by atoms with Gasteiger partial charge in [0.2, 0.25) is 5.82 Å². The molecule has 1 saturated heterocycles. The molecule has 0 amide bonds. The summed E-state index contributed by atoms with van der Waals surface area (Å²) in [4.78, 5) is 21.6. The molecule has 2 fully saturated rings. The van der Waals surface area contributed by atoms with Crippen LogP contribution in [0.25, 0.3) is 11.0 Å². The first kappa shape index (κ1) is 25.5.